The number of benzene rings is 1. The Morgan fingerprint density at radius 2 is 1.93 bits per heavy atom. The van der Waals surface area contributed by atoms with Crippen molar-refractivity contribution in [3.63, 3.8) is 0 Å². The van der Waals surface area contributed by atoms with E-state index in [0.717, 1.165) is 17.7 Å². The standard InChI is InChI=1S/C12H17FO/c1-12(2,3)8-9-7-10(13)5-6-11(9)14-4/h5-7H,8H2,1-4H3. The van der Waals surface area contributed by atoms with Crippen molar-refractivity contribution < 1.29 is 9.13 Å². The number of hydrogen-bond acceptors (Lipinski definition) is 1. The number of hydrogen-bond donors (Lipinski definition) is 0. The van der Waals surface area contributed by atoms with Crippen LogP contribution in [0, 0.1) is 11.2 Å². The SMILES string of the molecule is COc1ccc(F)cc1CC(C)(C)C. The van der Waals surface area contributed by atoms with Gasteiger partial charge in [0.05, 0.1) is 7.11 Å². The molecule has 0 radical (unpaired) electrons. The highest BCUT2D eigenvalue weighted by molar-refractivity contribution is 5.34. The first-order chi connectivity index (χ1) is 6.42. The molecule has 0 aliphatic heterocycles. The van der Waals surface area contributed by atoms with Gasteiger partial charge < -0.3 is 4.74 Å². The Bertz CT molecular complexity index is 313. The van der Waals surface area contributed by atoms with Crippen molar-refractivity contribution in [1.29, 1.82) is 0 Å². The van der Waals surface area contributed by atoms with Gasteiger partial charge in [-0.1, -0.05) is 20.8 Å². The Morgan fingerprint density at radius 3 is 2.43 bits per heavy atom. The lowest BCUT2D eigenvalue weighted by Gasteiger charge is -2.19. The third kappa shape index (κ3) is 3.02. The smallest absolute Gasteiger partial charge is 0.123 e. The maximum absolute atomic E-state index is 13.0. The van der Waals surface area contributed by atoms with Crippen LogP contribution in [0.5, 0.6) is 5.75 Å². The molecule has 0 fully saturated rings. The quantitative estimate of drug-likeness (QED) is 0.704. The van der Waals surface area contributed by atoms with E-state index >= 15 is 0 Å². The van der Waals surface area contributed by atoms with Crippen LogP contribution >= 0.6 is 0 Å². The van der Waals surface area contributed by atoms with Crippen molar-refractivity contribution >= 4 is 0 Å². The summed E-state index contributed by atoms with van der Waals surface area (Å²) >= 11 is 0. The number of rotatable bonds is 2. The molecular formula is C12H17FO. The number of halogens is 1. The van der Waals surface area contributed by atoms with Gasteiger partial charge in [-0.2, -0.15) is 0 Å². The van der Waals surface area contributed by atoms with Crippen molar-refractivity contribution in [3.05, 3.63) is 29.6 Å². The molecule has 1 rings (SSSR count). The molecule has 0 saturated carbocycles. The number of ether oxygens (including phenoxy) is 1. The number of methoxy groups -OCH3 is 1. The average molecular weight is 196 g/mol. The van der Waals surface area contributed by atoms with Gasteiger partial charge in [0.2, 0.25) is 0 Å². The van der Waals surface area contributed by atoms with Crippen molar-refractivity contribution in [3.8, 4) is 5.75 Å². The summed E-state index contributed by atoms with van der Waals surface area (Å²) in [6.45, 7) is 6.37. The molecule has 14 heavy (non-hydrogen) atoms. The van der Waals surface area contributed by atoms with Gasteiger partial charge in [-0.05, 0) is 35.6 Å². The summed E-state index contributed by atoms with van der Waals surface area (Å²) in [7, 11) is 1.61. The van der Waals surface area contributed by atoms with E-state index in [2.05, 4.69) is 20.8 Å². The first kappa shape index (κ1) is 11.0. The summed E-state index contributed by atoms with van der Waals surface area (Å²) in [5.41, 5.74) is 1.07. The molecule has 0 aromatic heterocycles. The van der Waals surface area contributed by atoms with Crippen LogP contribution < -0.4 is 4.74 Å². The zero-order valence-electron chi connectivity index (χ0n) is 9.23. The van der Waals surface area contributed by atoms with Crippen LogP contribution in [0.15, 0.2) is 18.2 Å². The van der Waals surface area contributed by atoms with Crippen LogP contribution in [0.25, 0.3) is 0 Å². The van der Waals surface area contributed by atoms with Crippen LogP contribution in [0.3, 0.4) is 0 Å². The van der Waals surface area contributed by atoms with E-state index in [-0.39, 0.29) is 11.2 Å². The van der Waals surface area contributed by atoms with Crippen LogP contribution in [0.2, 0.25) is 0 Å². The molecule has 0 saturated heterocycles. The van der Waals surface area contributed by atoms with Crippen LogP contribution in [0.4, 0.5) is 4.39 Å². The average Bonchev–Trinajstić information content (AvgIpc) is 2.01. The lowest BCUT2D eigenvalue weighted by Crippen LogP contribution is -2.10. The van der Waals surface area contributed by atoms with Gasteiger partial charge in [0.25, 0.3) is 0 Å². The molecule has 0 amide bonds. The van der Waals surface area contributed by atoms with Gasteiger partial charge in [-0.3, -0.25) is 0 Å². The fraction of sp³-hybridized carbons (Fsp3) is 0.500. The van der Waals surface area contributed by atoms with Crippen molar-refractivity contribution in [2.45, 2.75) is 27.2 Å². The summed E-state index contributed by atoms with van der Waals surface area (Å²) in [5.74, 6) is 0.561. The lowest BCUT2D eigenvalue weighted by atomic mass is 9.88. The Balaban J connectivity index is 2.99. The fourth-order valence-electron chi connectivity index (χ4n) is 1.46. The minimum Gasteiger partial charge on any atom is -0.496 e. The summed E-state index contributed by atoms with van der Waals surface area (Å²) in [6.07, 6.45) is 0.813. The van der Waals surface area contributed by atoms with E-state index in [9.17, 15) is 4.39 Å². The van der Waals surface area contributed by atoms with Gasteiger partial charge in [-0.15, -0.1) is 0 Å². The Labute approximate surface area is 84.9 Å². The van der Waals surface area contributed by atoms with E-state index in [1.54, 1.807) is 19.2 Å². The van der Waals surface area contributed by atoms with E-state index in [1.165, 1.54) is 6.07 Å². The zero-order valence-corrected chi connectivity index (χ0v) is 9.23. The largest absolute Gasteiger partial charge is 0.496 e. The Kier molecular flexibility index (Phi) is 3.14. The second-order valence-electron chi connectivity index (χ2n) is 4.69. The Hall–Kier alpha value is -1.05. The molecule has 1 nitrogen and oxygen atoms in total. The maximum Gasteiger partial charge on any atom is 0.123 e. The summed E-state index contributed by atoms with van der Waals surface area (Å²) in [4.78, 5) is 0. The van der Waals surface area contributed by atoms with Crippen molar-refractivity contribution in [2.24, 2.45) is 5.41 Å². The van der Waals surface area contributed by atoms with Crippen molar-refractivity contribution in [2.75, 3.05) is 7.11 Å². The highest BCUT2D eigenvalue weighted by Gasteiger charge is 2.15. The molecule has 78 valence electrons. The Morgan fingerprint density at radius 1 is 1.29 bits per heavy atom. The molecular weight excluding hydrogens is 179 g/mol. The van der Waals surface area contributed by atoms with E-state index in [0.29, 0.717) is 0 Å². The molecule has 1 aromatic rings. The van der Waals surface area contributed by atoms with Gasteiger partial charge >= 0.3 is 0 Å². The van der Waals surface area contributed by atoms with Gasteiger partial charge in [0, 0.05) is 0 Å². The zero-order chi connectivity index (χ0) is 10.8. The van der Waals surface area contributed by atoms with Crippen molar-refractivity contribution in [1.82, 2.24) is 0 Å². The van der Waals surface area contributed by atoms with Gasteiger partial charge in [0.15, 0.2) is 0 Å². The first-order valence-electron chi connectivity index (χ1n) is 4.75. The predicted octanol–water partition coefficient (Wildman–Crippen LogP) is 3.42. The molecule has 0 aliphatic rings. The molecule has 0 spiro atoms. The third-order valence-electron chi connectivity index (χ3n) is 1.96. The normalized spacial score (nSPS) is 11.5. The van der Waals surface area contributed by atoms with E-state index < -0.39 is 0 Å². The van der Waals surface area contributed by atoms with Gasteiger partial charge in [0.1, 0.15) is 11.6 Å². The fourth-order valence-corrected chi connectivity index (χ4v) is 1.46. The molecule has 0 aliphatic carbocycles. The molecule has 0 heterocycles. The molecule has 0 N–H and O–H groups in total. The highest BCUT2D eigenvalue weighted by atomic mass is 19.1. The monoisotopic (exact) mass is 196 g/mol. The molecule has 0 unspecified atom stereocenters. The third-order valence-corrected chi connectivity index (χ3v) is 1.96. The molecule has 1 aromatic carbocycles. The van der Waals surface area contributed by atoms with E-state index in [4.69, 9.17) is 4.74 Å². The first-order valence-corrected chi connectivity index (χ1v) is 4.75. The predicted molar refractivity (Wildman–Crippen MR) is 56.1 cm³/mol. The lowest BCUT2D eigenvalue weighted by molar-refractivity contribution is 0.377. The second kappa shape index (κ2) is 3.99. The van der Waals surface area contributed by atoms with Gasteiger partial charge in [-0.25, -0.2) is 4.39 Å². The summed E-state index contributed by atoms with van der Waals surface area (Å²) in [5, 5.41) is 0. The summed E-state index contributed by atoms with van der Waals surface area (Å²) in [6, 6.07) is 4.64. The maximum atomic E-state index is 13.0. The minimum absolute atomic E-state index is 0.140. The molecule has 0 bridgehead atoms. The highest BCUT2D eigenvalue weighted by Crippen LogP contribution is 2.27. The summed E-state index contributed by atoms with van der Waals surface area (Å²) < 4.78 is 18.2. The van der Waals surface area contributed by atoms with E-state index in [1.807, 2.05) is 0 Å². The minimum atomic E-state index is -0.204. The van der Waals surface area contributed by atoms with Crippen LogP contribution in [0.1, 0.15) is 26.3 Å². The van der Waals surface area contributed by atoms with Crippen LogP contribution in [-0.2, 0) is 6.42 Å². The second-order valence-corrected chi connectivity index (χ2v) is 4.69. The van der Waals surface area contributed by atoms with Crippen LogP contribution in [-0.4, -0.2) is 7.11 Å². The molecule has 2 heteroatoms. The molecule has 0 atom stereocenters. The topological polar surface area (TPSA) is 9.23 Å².